The smallest absolute Gasteiger partial charge is 0.224 e. The third-order valence-corrected chi connectivity index (χ3v) is 13.2. The molecule has 0 bridgehead atoms. The molecule has 5 rings (SSSR count). The highest BCUT2D eigenvalue weighted by Gasteiger charge is 2.25. The zero-order valence-corrected chi connectivity index (χ0v) is 19.7. The van der Waals surface area contributed by atoms with E-state index in [4.69, 9.17) is 10.7 Å². The molecule has 0 saturated carbocycles. The van der Waals surface area contributed by atoms with Gasteiger partial charge in [0.15, 0.2) is 11.6 Å². The van der Waals surface area contributed by atoms with E-state index in [2.05, 4.69) is 42.4 Å². The first-order valence-electron chi connectivity index (χ1n) is 7.33. The van der Waals surface area contributed by atoms with Crippen LogP contribution in [0.4, 0.5) is 5.95 Å². The summed E-state index contributed by atoms with van der Waals surface area (Å²) in [6, 6.07) is 0. The minimum absolute atomic E-state index is 0.257. The molecule has 0 fully saturated rings. The van der Waals surface area contributed by atoms with Crippen molar-refractivity contribution < 1.29 is 0 Å². The summed E-state index contributed by atoms with van der Waals surface area (Å²) in [4.78, 5) is 15.5. The van der Waals surface area contributed by atoms with Crippen LogP contribution >= 0.6 is 94.1 Å². The average molecular weight is 501 g/mol. The Hall–Kier alpha value is 0.0500. The molecule has 4 aliphatic rings. The van der Waals surface area contributed by atoms with Crippen LogP contribution in [0.15, 0.2) is 49.4 Å². The molecule has 0 spiro atoms. The van der Waals surface area contributed by atoms with Gasteiger partial charge in [0.1, 0.15) is 0 Å². The summed E-state index contributed by atoms with van der Waals surface area (Å²) in [7, 11) is 0. The predicted octanol–water partition coefficient (Wildman–Crippen LogP) is 7.17. The minimum Gasteiger partial charge on any atom is -0.368 e. The Labute approximate surface area is 190 Å². The molecule has 4 aliphatic heterocycles. The normalized spacial score (nSPS) is 21.6. The summed E-state index contributed by atoms with van der Waals surface area (Å²) in [5.74, 6) is 1.55. The Morgan fingerprint density at radius 2 is 1.00 bits per heavy atom. The Balaban J connectivity index is 1.38. The van der Waals surface area contributed by atoms with Gasteiger partial charge in [-0.3, -0.25) is 0 Å². The van der Waals surface area contributed by atoms with Gasteiger partial charge in [-0.2, -0.15) is 9.97 Å². The molecule has 0 aromatic carbocycles. The highest BCUT2D eigenvalue weighted by Crippen LogP contribution is 2.56. The molecule has 0 aliphatic carbocycles. The number of hydrogen-bond donors (Lipinski definition) is 1. The Kier molecular flexibility index (Phi) is 5.94. The molecule has 1 aromatic rings. The summed E-state index contributed by atoms with van der Waals surface area (Å²) in [5, 5.41) is 12.6. The maximum atomic E-state index is 6.00. The largest absolute Gasteiger partial charge is 0.368 e. The fourth-order valence-electron chi connectivity index (χ4n) is 2.11. The van der Waals surface area contributed by atoms with Gasteiger partial charge >= 0.3 is 0 Å². The molecule has 1 aromatic heterocycles. The quantitative estimate of drug-likeness (QED) is 0.448. The maximum Gasteiger partial charge on any atom is 0.224 e. The Bertz CT molecular complexity index is 911. The van der Waals surface area contributed by atoms with Gasteiger partial charge in [-0.25, -0.2) is 4.98 Å². The Morgan fingerprint density at radius 3 is 1.44 bits per heavy atom. The average Bonchev–Trinajstić information content (AvgIpc) is 3.49. The van der Waals surface area contributed by atoms with Crippen LogP contribution in [0.25, 0.3) is 9.81 Å². The van der Waals surface area contributed by atoms with Gasteiger partial charge in [-0.05, 0) is 32.4 Å². The first kappa shape index (κ1) is 19.0. The molecule has 0 saturated heterocycles. The molecule has 2 N–H and O–H groups in total. The van der Waals surface area contributed by atoms with E-state index in [1.54, 1.807) is 94.1 Å². The highest BCUT2D eigenvalue weighted by atomic mass is 32.2. The van der Waals surface area contributed by atoms with E-state index >= 15 is 0 Å². The first-order valence-corrected chi connectivity index (χ1v) is 14.2. The standard InChI is InChI=1S/C15H8N4S8/c16-15-18-9(7-5-24-13(26-7)11-20-1-2-21-11)17-10(19-15)8-6-25-14(27-8)12-22-3-4-23-12/h1-6H,(H2,16,17,18,19). The lowest BCUT2D eigenvalue weighted by atomic mass is 10.5. The molecule has 4 nitrogen and oxygen atoms in total. The number of hydrogen-bond acceptors (Lipinski definition) is 12. The van der Waals surface area contributed by atoms with E-state index in [9.17, 15) is 0 Å². The van der Waals surface area contributed by atoms with Crippen molar-refractivity contribution in [2.75, 3.05) is 5.73 Å². The van der Waals surface area contributed by atoms with Crippen LogP contribution in [-0.2, 0) is 0 Å². The van der Waals surface area contributed by atoms with Crippen molar-refractivity contribution >= 4 is 110 Å². The van der Waals surface area contributed by atoms with E-state index in [0.29, 0.717) is 11.6 Å². The fraction of sp³-hybridized carbons (Fsp3) is 0. The van der Waals surface area contributed by atoms with E-state index < -0.39 is 0 Å². The van der Waals surface area contributed by atoms with Crippen molar-refractivity contribution in [3.63, 3.8) is 0 Å². The second-order valence-electron chi connectivity index (χ2n) is 4.91. The lowest BCUT2D eigenvalue weighted by Crippen LogP contribution is -2.04. The summed E-state index contributed by atoms with van der Waals surface area (Å²) >= 11 is 13.9. The second-order valence-corrected chi connectivity index (χ2v) is 13.5. The van der Waals surface area contributed by atoms with Crippen LogP contribution < -0.4 is 5.73 Å². The lowest BCUT2D eigenvalue weighted by molar-refractivity contribution is 1.02. The van der Waals surface area contributed by atoms with Crippen molar-refractivity contribution in [2.24, 2.45) is 0 Å². The molecule has 5 heterocycles. The van der Waals surface area contributed by atoms with Gasteiger partial charge in [-0.15, -0.1) is 0 Å². The molecular weight excluding hydrogens is 493 g/mol. The minimum atomic E-state index is 0.257. The number of rotatable bonds is 2. The maximum absolute atomic E-state index is 6.00. The zero-order chi connectivity index (χ0) is 18.2. The van der Waals surface area contributed by atoms with E-state index in [0.717, 1.165) is 9.81 Å². The van der Waals surface area contributed by atoms with Gasteiger partial charge in [0.05, 0.1) is 26.8 Å². The molecule has 0 atom stereocenters. The first-order chi connectivity index (χ1) is 13.3. The number of nitrogens with two attached hydrogens (primary N) is 1. The third-order valence-electron chi connectivity index (χ3n) is 3.19. The van der Waals surface area contributed by atoms with Crippen molar-refractivity contribution in [1.82, 2.24) is 15.0 Å². The van der Waals surface area contributed by atoms with Crippen molar-refractivity contribution in [3.05, 3.63) is 61.0 Å². The summed E-state index contributed by atoms with van der Waals surface area (Å²) in [6.07, 6.45) is 0. The molecule has 12 heteroatoms. The van der Waals surface area contributed by atoms with Crippen LogP contribution in [0, 0.1) is 0 Å². The van der Waals surface area contributed by atoms with Crippen LogP contribution in [0.5, 0.6) is 0 Å². The summed E-state index contributed by atoms with van der Waals surface area (Å²) in [5.41, 5.74) is 6.00. The van der Waals surface area contributed by atoms with Crippen LogP contribution in [0.1, 0.15) is 11.6 Å². The number of thioether (sulfide) groups is 8. The molecule has 27 heavy (non-hydrogen) atoms. The summed E-state index contributed by atoms with van der Waals surface area (Å²) < 4.78 is 5.15. The molecular formula is C15H8N4S8. The van der Waals surface area contributed by atoms with E-state index in [1.807, 2.05) is 0 Å². The lowest BCUT2D eigenvalue weighted by Gasteiger charge is -2.06. The monoisotopic (exact) mass is 500 g/mol. The van der Waals surface area contributed by atoms with Crippen molar-refractivity contribution in [2.45, 2.75) is 0 Å². The molecule has 0 unspecified atom stereocenters. The molecule has 0 radical (unpaired) electrons. The van der Waals surface area contributed by atoms with Gasteiger partial charge in [0, 0.05) is 0 Å². The van der Waals surface area contributed by atoms with Crippen molar-refractivity contribution in [1.29, 1.82) is 0 Å². The highest BCUT2D eigenvalue weighted by molar-refractivity contribution is 8.35. The second kappa shape index (κ2) is 8.42. The topological polar surface area (TPSA) is 64.7 Å². The number of nitrogens with zero attached hydrogens (tertiary/aromatic N) is 3. The van der Waals surface area contributed by atoms with Crippen LogP contribution in [-0.4, -0.2) is 15.0 Å². The van der Waals surface area contributed by atoms with Crippen LogP contribution in [0.2, 0.25) is 0 Å². The Morgan fingerprint density at radius 1 is 0.556 bits per heavy atom. The number of nitrogen functional groups attached to an aromatic ring is 1. The van der Waals surface area contributed by atoms with Gasteiger partial charge in [0.25, 0.3) is 0 Å². The van der Waals surface area contributed by atoms with Gasteiger partial charge in [-0.1, -0.05) is 94.1 Å². The number of anilines is 1. The third kappa shape index (κ3) is 4.18. The predicted molar refractivity (Wildman–Crippen MR) is 133 cm³/mol. The van der Waals surface area contributed by atoms with Gasteiger partial charge < -0.3 is 5.73 Å². The van der Waals surface area contributed by atoms with Gasteiger partial charge in [0.2, 0.25) is 5.95 Å². The van der Waals surface area contributed by atoms with E-state index in [-0.39, 0.29) is 5.95 Å². The SMILES string of the molecule is Nc1nc(C2=CSC(=C3SC=CS3)S2)nc(C2=CSC(=C3SC=CS3)S2)n1. The molecule has 0 amide bonds. The fourth-order valence-corrected chi connectivity index (χ4v) is 10.9. The van der Waals surface area contributed by atoms with Crippen LogP contribution in [0.3, 0.4) is 0 Å². The number of aromatic nitrogens is 3. The molecule has 136 valence electrons. The zero-order valence-electron chi connectivity index (χ0n) is 13.1. The summed E-state index contributed by atoms with van der Waals surface area (Å²) in [6.45, 7) is 0. The van der Waals surface area contributed by atoms with Crippen molar-refractivity contribution in [3.8, 4) is 0 Å². The van der Waals surface area contributed by atoms with E-state index in [1.165, 1.54) is 16.9 Å².